The number of hydrogen-bond donors (Lipinski definition) is 1. The molecule has 8 nitrogen and oxygen atoms in total. The molecule has 2 rings (SSSR count). The second-order valence-electron chi connectivity index (χ2n) is 6.19. The lowest BCUT2D eigenvalue weighted by molar-refractivity contribution is -0.142. The number of anilines is 1. The second-order valence-corrected chi connectivity index (χ2v) is 8.75. The number of carbonyl (C=O) groups excluding carboxylic acids is 2. The maximum Gasteiger partial charge on any atom is 0.331 e. The molecule has 0 aliphatic heterocycles. The minimum atomic E-state index is -3.69. The molecule has 1 amide bonds. The fourth-order valence-electron chi connectivity index (χ4n) is 2.22. The van der Waals surface area contributed by atoms with Crippen LogP contribution in [0, 0.1) is 0 Å². The van der Waals surface area contributed by atoms with Gasteiger partial charge in [-0.2, -0.15) is 0 Å². The van der Waals surface area contributed by atoms with Crippen LogP contribution in [0.5, 0.6) is 5.75 Å². The van der Waals surface area contributed by atoms with E-state index in [-0.39, 0.29) is 15.6 Å². The first-order valence-corrected chi connectivity index (χ1v) is 10.5. The monoisotopic (exact) mass is 452 g/mol. The SMILES string of the molecule is COc1ccc(/C=C/C(=O)OCC(=O)Nc2cc(S(=O)(=O)N(C)C)ccc2Cl)cc1. The van der Waals surface area contributed by atoms with E-state index in [1.54, 1.807) is 31.4 Å². The molecule has 2 aromatic rings. The Morgan fingerprint density at radius 1 is 1.13 bits per heavy atom. The van der Waals surface area contributed by atoms with Gasteiger partial charge in [0.25, 0.3) is 5.91 Å². The lowest BCUT2D eigenvalue weighted by Gasteiger charge is -2.13. The summed E-state index contributed by atoms with van der Waals surface area (Å²) in [5, 5.41) is 2.58. The van der Waals surface area contributed by atoms with Crippen molar-refractivity contribution in [2.45, 2.75) is 4.90 Å². The number of benzene rings is 2. The highest BCUT2D eigenvalue weighted by atomic mass is 35.5. The van der Waals surface area contributed by atoms with Crippen molar-refractivity contribution in [3.8, 4) is 5.75 Å². The van der Waals surface area contributed by atoms with E-state index in [2.05, 4.69) is 5.32 Å². The van der Waals surface area contributed by atoms with Crippen LogP contribution in [0.3, 0.4) is 0 Å². The standard InChI is InChI=1S/C20H21ClN2O6S/c1-23(2)30(26,27)16-9-10-17(21)18(12-16)22-19(24)13-29-20(25)11-6-14-4-7-15(28-3)8-5-14/h4-12H,13H2,1-3H3,(H,22,24)/b11-6+. The van der Waals surface area contributed by atoms with Crippen LogP contribution in [-0.2, 0) is 24.3 Å². The number of nitrogens with one attached hydrogen (secondary N) is 1. The lowest BCUT2D eigenvalue weighted by atomic mass is 10.2. The number of carbonyl (C=O) groups is 2. The molecule has 0 radical (unpaired) electrons. The molecule has 0 atom stereocenters. The first-order chi connectivity index (χ1) is 14.1. The molecule has 2 aromatic carbocycles. The van der Waals surface area contributed by atoms with Gasteiger partial charge in [-0.1, -0.05) is 23.7 Å². The zero-order valence-electron chi connectivity index (χ0n) is 16.6. The molecule has 0 heterocycles. The molecule has 0 saturated heterocycles. The van der Waals surface area contributed by atoms with E-state index in [1.165, 1.54) is 44.4 Å². The van der Waals surface area contributed by atoms with Gasteiger partial charge < -0.3 is 14.8 Å². The van der Waals surface area contributed by atoms with Crippen molar-refractivity contribution < 1.29 is 27.5 Å². The number of halogens is 1. The number of sulfonamides is 1. The summed E-state index contributed by atoms with van der Waals surface area (Å²) in [7, 11) is 0.639. The number of esters is 1. The second kappa shape index (κ2) is 10.2. The molecule has 0 spiro atoms. The number of hydrogen-bond acceptors (Lipinski definition) is 6. The van der Waals surface area contributed by atoms with Crippen molar-refractivity contribution in [2.24, 2.45) is 0 Å². The van der Waals surface area contributed by atoms with E-state index < -0.39 is 28.5 Å². The van der Waals surface area contributed by atoms with Crippen LogP contribution < -0.4 is 10.1 Å². The Kier molecular flexibility index (Phi) is 7.99. The van der Waals surface area contributed by atoms with Gasteiger partial charge in [-0.05, 0) is 42.0 Å². The minimum Gasteiger partial charge on any atom is -0.497 e. The topological polar surface area (TPSA) is 102 Å². The summed E-state index contributed by atoms with van der Waals surface area (Å²) in [5.41, 5.74) is 0.845. The van der Waals surface area contributed by atoms with Crippen LogP contribution in [0.25, 0.3) is 6.08 Å². The molecule has 0 unspecified atom stereocenters. The number of nitrogens with zero attached hydrogens (tertiary/aromatic N) is 1. The third-order valence-electron chi connectivity index (χ3n) is 3.86. The van der Waals surface area contributed by atoms with Gasteiger partial charge in [0.15, 0.2) is 6.61 Å². The van der Waals surface area contributed by atoms with Crippen LogP contribution in [0.2, 0.25) is 5.02 Å². The molecular formula is C20H21ClN2O6S. The highest BCUT2D eigenvalue weighted by Gasteiger charge is 2.19. The zero-order valence-corrected chi connectivity index (χ0v) is 18.2. The van der Waals surface area contributed by atoms with E-state index in [0.717, 1.165) is 9.87 Å². The highest BCUT2D eigenvalue weighted by Crippen LogP contribution is 2.26. The Balaban J connectivity index is 1.95. The van der Waals surface area contributed by atoms with E-state index >= 15 is 0 Å². The molecule has 0 fully saturated rings. The zero-order chi connectivity index (χ0) is 22.3. The van der Waals surface area contributed by atoms with Crippen LogP contribution >= 0.6 is 11.6 Å². The smallest absolute Gasteiger partial charge is 0.331 e. The number of amides is 1. The summed E-state index contributed by atoms with van der Waals surface area (Å²) in [6, 6.07) is 10.9. The number of methoxy groups -OCH3 is 1. The average Bonchev–Trinajstić information content (AvgIpc) is 2.72. The van der Waals surface area contributed by atoms with Gasteiger partial charge in [0, 0.05) is 20.2 Å². The molecule has 0 bridgehead atoms. The number of ether oxygens (including phenoxy) is 2. The van der Waals surface area contributed by atoms with Crippen molar-refractivity contribution in [3.63, 3.8) is 0 Å². The average molecular weight is 453 g/mol. The Morgan fingerprint density at radius 3 is 2.40 bits per heavy atom. The Morgan fingerprint density at radius 2 is 1.80 bits per heavy atom. The van der Waals surface area contributed by atoms with Crippen LogP contribution in [-0.4, -0.2) is 52.4 Å². The summed E-state index contributed by atoms with van der Waals surface area (Å²) in [6.45, 7) is -0.563. The van der Waals surface area contributed by atoms with Gasteiger partial charge in [0.2, 0.25) is 10.0 Å². The molecule has 0 aromatic heterocycles. The Hall–Kier alpha value is -2.88. The molecule has 0 aliphatic rings. The third kappa shape index (κ3) is 6.31. The van der Waals surface area contributed by atoms with E-state index in [9.17, 15) is 18.0 Å². The van der Waals surface area contributed by atoms with E-state index in [1.807, 2.05) is 0 Å². The van der Waals surface area contributed by atoms with E-state index in [4.69, 9.17) is 21.1 Å². The van der Waals surface area contributed by atoms with E-state index in [0.29, 0.717) is 5.75 Å². The van der Waals surface area contributed by atoms with Gasteiger partial charge in [-0.3, -0.25) is 4.79 Å². The number of rotatable bonds is 8. The largest absolute Gasteiger partial charge is 0.497 e. The molecule has 30 heavy (non-hydrogen) atoms. The van der Waals surface area contributed by atoms with Crippen LogP contribution in [0.1, 0.15) is 5.56 Å². The van der Waals surface area contributed by atoms with Crippen molar-refractivity contribution in [1.29, 1.82) is 0 Å². The van der Waals surface area contributed by atoms with Gasteiger partial charge in [0.1, 0.15) is 5.75 Å². The normalized spacial score (nSPS) is 11.5. The summed E-state index contributed by atoms with van der Waals surface area (Å²) in [5.74, 6) is -0.689. The van der Waals surface area contributed by atoms with Crippen molar-refractivity contribution in [3.05, 3.63) is 59.1 Å². The fraction of sp³-hybridized carbons (Fsp3) is 0.200. The predicted octanol–water partition coefficient (Wildman–Crippen LogP) is 2.79. The fourth-order valence-corrected chi connectivity index (χ4v) is 3.32. The predicted molar refractivity (Wildman–Crippen MR) is 114 cm³/mol. The maximum absolute atomic E-state index is 12.2. The van der Waals surface area contributed by atoms with Gasteiger partial charge in [0.05, 0.1) is 22.7 Å². The highest BCUT2D eigenvalue weighted by molar-refractivity contribution is 7.89. The molecular weight excluding hydrogens is 432 g/mol. The molecule has 0 saturated carbocycles. The summed E-state index contributed by atoms with van der Waals surface area (Å²) >= 11 is 6.02. The van der Waals surface area contributed by atoms with Crippen LogP contribution in [0.4, 0.5) is 5.69 Å². The third-order valence-corrected chi connectivity index (χ3v) is 6.00. The molecule has 10 heteroatoms. The van der Waals surface area contributed by atoms with Crippen molar-refractivity contribution in [2.75, 3.05) is 33.1 Å². The summed E-state index contributed by atoms with van der Waals surface area (Å²) in [4.78, 5) is 23.8. The minimum absolute atomic E-state index is 0.0355. The summed E-state index contributed by atoms with van der Waals surface area (Å²) < 4.78 is 35.4. The first-order valence-electron chi connectivity index (χ1n) is 8.64. The quantitative estimate of drug-likeness (QED) is 0.488. The maximum atomic E-state index is 12.2. The van der Waals surface area contributed by atoms with Gasteiger partial charge >= 0.3 is 5.97 Å². The van der Waals surface area contributed by atoms with Crippen LogP contribution in [0.15, 0.2) is 53.4 Å². The summed E-state index contributed by atoms with van der Waals surface area (Å²) in [6.07, 6.45) is 2.72. The molecule has 0 aliphatic carbocycles. The molecule has 1 N–H and O–H groups in total. The lowest BCUT2D eigenvalue weighted by Crippen LogP contribution is -2.23. The Labute approximate surface area is 180 Å². The van der Waals surface area contributed by atoms with Gasteiger partial charge in [-0.15, -0.1) is 0 Å². The molecule has 160 valence electrons. The van der Waals surface area contributed by atoms with Gasteiger partial charge in [-0.25, -0.2) is 17.5 Å². The Bertz CT molecular complexity index is 1050. The van der Waals surface area contributed by atoms with Crippen molar-refractivity contribution in [1.82, 2.24) is 4.31 Å². The van der Waals surface area contributed by atoms with Crippen molar-refractivity contribution >= 4 is 45.3 Å². The first kappa shape index (κ1) is 23.4.